The van der Waals surface area contributed by atoms with Gasteiger partial charge in [-0.1, -0.05) is 6.92 Å². The average Bonchev–Trinajstić information content (AvgIpc) is 2.49. The fourth-order valence-corrected chi connectivity index (χ4v) is 1.43. The molecule has 4 heteroatoms. The van der Waals surface area contributed by atoms with Crippen LogP contribution in [-0.2, 0) is 0 Å². The Balaban J connectivity index is 2.72. The summed E-state index contributed by atoms with van der Waals surface area (Å²) in [6.45, 7) is 2.00. The lowest BCUT2D eigenvalue weighted by molar-refractivity contribution is 0.175. The Morgan fingerprint density at radius 2 is 2.33 bits per heavy atom. The summed E-state index contributed by atoms with van der Waals surface area (Å²) in [6.07, 6.45) is -0.672. The first kappa shape index (κ1) is 9.61. The second-order valence-electron chi connectivity index (χ2n) is 3.19. The minimum Gasteiger partial charge on any atom is -0.394 e. The van der Waals surface area contributed by atoms with Gasteiger partial charge in [-0.2, -0.15) is 8.78 Å². The maximum absolute atomic E-state index is 12.1. The minimum absolute atomic E-state index is 0.0831. The largest absolute Gasteiger partial charge is 0.394 e. The number of halogens is 2. The molecule has 0 bridgehead atoms. The number of aliphatic hydroxyl groups is 1. The monoisotopic (exact) mass is 177 g/mol. The molecule has 1 aliphatic rings. The molecule has 0 aromatic carbocycles. The molecule has 12 heavy (non-hydrogen) atoms. The van der Waals surface area contributed by atoms with Crippen LogP contribution in [0.4, 0.5) is 8.78 Å². The quantitative estimate of drug-likeness (QED) is 0.665. The molecular weight excluding hydrogens is 164 g/mol. The zero-order valence-electron chi connectivity index (χ0n) is 7.03. The van der Waals surface area contributed by atoms with Crippen LogP contribution in [0.2, 0.25) is 0 Å². The molecule has 0 spiro atoms. The van der Waals surface area contributed by atoms with E-state index in [1.807, 2.05) is 6.92 Å². The molecule has 2 nitrogen and oxygen atoms in total. The maximum atomic E-state index is 12.1. The highest BCUT2D eigenvalue weighted by Gasteiger charge is 2.35. The SMILES string of the molecule is CCC1(CO)CC(=C(F)F)CN1. The van der Waals surface area contributed by atoms with Gasteiger partial charge in [-0.15, -0.1) is 0 Å². The van der Waals surface area contributed by atoms with Crippen molar-refractivity contribution in [3.63, 3.8) is 0 Å². The van der Waals surface area contributed by atoms with Crippen LogP contribution in [0.5, 0.6) is 0 Å². The average molecular weight is 177 g/mol. The summed E-state index contributed by atoms with van der Waals surface area (Å²) in [5.74, 6) is 0. The van der Waals surface area contributed by atoms with E-state index in [4.69, 9.17) is 5.11 Å². The smallest absolute Gasteiger partial charge is 0.270 e. The van der Waals surface area contributed by atoms with Crippen LogP contribution >= 0.6 is 0 Å². The third kappa shape index (κ3) is 1.64. The molecule has 1 heterocycles. The first-order valence-electron chi connectivity index (χ1n) is 4.02. The first-order valence-corrected chi connectivity index (χ1v) is 4.02. The summed E-state index contributed by atoms with van der Waals surface area (Å²) in [7, 11) is 0. The van der Waals surface area contributed by atoms with Crippen LogP contribution in [0.1, 0.15) is 19.8 Å². The van der Waals surface area contributed by atoms with Crippen molar-refractivity contribution in [2.75, 3.05) is 13.2 Å². The first-order chi connectivity index (χ1) is 5.63. The van der Waals surface area contributed by atoms with Crippen molar-refractivity contribution >= 4 is 0 Å². The van der Waals surface area contributed by atoms with E-state index < -0.39 is 11.6 Å². The Kier molecular flexibility index (Phi) is 2.80. The van der Waals surface area contributed by atoms with Gasteiger partial charge in [0.1, 0.15) is 0 Å². The number of rotatable bonds is 2. The van der Waals surface area contributed by atoms with Crippen LogP contribution in [-0.4, -0.2) is 23.8 Å². The van der Waals surface area contributed by atoms with E-state index in [1.165, 1.54) is 0 Å². The van der Waals surface area contributed by atoms with E-state index in [-0.39, 0.29) is 25.1 Å². The van der Waals surface area contributed by atoms with Gasteiger partial charge in [0.25, 0.3) is 6.08 Å². The van der Waals surface area contributed by atoms with Gasteiger partial charge >= 0.3 is 0 Å². The molecule has 1 atom stereocenters. The summed E-state index contributed by atoms with van der Waals surface area (Å²) < 4.78 is 24.2. The van der Waals surface area contributed by atoms with E-state index in [0.717, 1.165) is 0 Å². The predicted octanol–water partition coefficient (Wildman–Crippen LogP) is 1.27. The highest BCUT2D eigenvalue weighted by atomic mass is 19.3. The third-order valence-corrected chi connectivity index (χ3v) is 2.48. The summed E-state index contributed by atoms with van der Waals surface area (Å²) >= 11 is 0. The molecule has 2 N–H and O–H groups in total. The minimum atomic E-state index is -1.61. The van der Waals surface area contributed by atoms with Crippen molar-refractivity contribution in [1.29, 1.82) is 0 Å². The van der Waals surface area contributed by atoms with Crippen LogP contribution < -0.4 is 5.32 Å². The predicted molar refractivity (Wildman–Crippen MR) is 42.0 cm³/mol. The molecule has 1 saturated heterocycles. The molecule has 0 radical (unpaired) electrons. The van der Waals surface area contributed by atoms with Gasteiger partial charge in [0.2, 0.25) is 0 Å². The zero-order chi connectivity index (χ0) is 9.19. The van der Waals surface area contributed by atoms with Gasteiger partial charge < -0.3 is 10.4 Å². The van der Waals surface area contributed by atoms with E-state index in [9.17, 15) is 8.78 Å². The van der Waals surface area contributed by atoms with Gasteiger partial charge in [0.05, 0.1) is 6.61 Å². The highest BCUT2D eigenvalue weighted by Crippen LogP contribution is 2.28. The normalized spacial score (nSPS) is 29.5. The van der Waals surface area contributed by atoms with Crippen molar-refractivity contribution in [2.24, 2.45) is 0 Å². The van der Waals surface area contributed by atoms with Crippen LogP contribution in [0, 0.1) is 0 Å². The second kappa shape index (κ2) is 3.49. The molecule has 1 unspecified atom stereocenters. The Labute approximate surface area is 70.3 Å². The van der Waals surface area contributed by atoms with Crippen molar-refractivity contribution in [1.82, 2.24) is 5.32 Å². The standard InChI is InChI=1S/C8H13F2NO/c1-2-8(5-12)3-6(4-11-8)7(9)10/h11-12H,2-5H2,1H3. The van der Waals surface area contributed by atoms with Gasteiger partial charge in [-0.25, -0.2) is 0 Å². The Morgan fingerprint density at radius 1 is 1.67 bits per heavy atom. The van der Waals surface area contributed by atoms with E-state index in [1.54, 1.807) is 0 Å². The Morgan fingerprint density at radius 3 is 2.58 bits per heavy atom. The van der Waals surface area contributed by atoms with Crippen molar-refractivity contribution in [2.45, 2.75) is 25.3 Å². The molecule has 0 aliphatic carbocycles. The zero-order valence-corrected chi connectivity index (χ0v) is 7.03. The summed E-state index contributed by atoms with van der Waals surface area (Å²) in [5, 5.41) is 11.9. The van der Waals surface area contributed by atoms with E-state index in [2.05, 4.69) is 5.32 Å². The Bertz CT molecular complexity index is 195. The third-order valence-electron chi connectivity index (χ3n) is 2.48. The van der Waals surface area contributed by atoms with Crippen LogP contribution in [0.15, 0.2) is 11.7 Å². The molecule has 0 aromatic heterocycles. The number of nitrogens with one attached hydrogen (secondary N) is 1. The second-order valence-corrected chi connectivity index (χ2v) is 3.19. The topological polar surface area (TPSA) is 32.3 Å². The molecular formula is C8H13F2NO. The molecule has 0 saturated carbocycles. The van der Waals surface area contributed by atoms with E-state index >= 15 is 0 Å². The fourth-order valence-electron chi connectivity index (χ4n) is 1.43. The van der Waals surface area contributed by atoms with Gasteiger partial charge in [-0.3, -0.25) is 0 Å². The molecule has 0 aromatic rings. The molecule has 70 valence electrons. The molecule has 0 amide bonds. The number of hydrogen-bond donors (Lipinski definition) is 2. The molecule has 1 rings (SSSR count). The molecule has 1 aliphatic heterocycles. The van der Waals surface area contributed by atoms with Gasteiger partial charge in [0.15, 0.2) is 0 Å². The number of hydrogen-bond acceptors (Lipinski definition) is 2. The van der Waals surface area contributed by atoms with Crippen molar-refractivity contribution < 1.29 is 13.9 Å². The lowest BCUT2D eigenvalue weighted by atomic mass is 9.94. The lowest BCUT2D eigenvalue weighted by Crippen LogP contribution is -2.42. The van der Waals surface area contributed by atoms with Gasteiger partial charge in [0, 0.05) is 17.7 Å². The van der Waals surface area contributed by atoms with Crippen LogP contribution in [0.3, 0.4) is 0 Å². The maximum Gasteiger partial charge on any atom is 0.270 e. The van der Waals surface area contributed by atoms with Crippen LogP contribution in [0.25, 0.3) is 0 Å². The van der Waals surface area contributed by atoms with Crippen molar-refractivity contribution in [3.8, 4) is 0 Å². The van der Waals surface area contributed by atoms with Gasteiger partial charge in [-0.05, 0) is 12.8 Å². The lowest BCUT2D eigenvalue weighted by Gasteiger charge is -2.24. The fraction of sp³-hybridized carbons (Fsp3) is 0.750. The Hall–Kier alpha value is -0.480. The summed E-state index contributed by atoms with van der Waals surface area (Å²) in [6, 6.07) is 0. The molecule has 1 fully saturated rings. The number of aliphatic hydroxyl groups excluding tert-OH is 1. The highest BCUT2D eigenvalue weighted by molar-refractivity contribution is 5.17. The van der Waals surface area contributed by atoms with E-state index in [0.29, 0.717) is 6.42 Å². The van der Waals surface area contributed by atoms with Crippen molar-refractivity contribution in [3.05, 3.63) is 11.7 Å². The summed E-state index contributed by atoms with van der Waals surface area (Å²) in [4.78, 5) is 0. The summed E-state index contributed by atoms with van der Waals surface area (Å²) in [5.41, 5.74) is -0.371.